The van der Waals surface area contributed by atoms with E-state index in [-0.39, 0.29) is 5.91 Å². The normalized spacial score (nSPS) is 13.0. The lowest BCUT2D eigenvalue weighted by Gasteiger charge is -2.08. The number of aliphatic carboxylic acids is 1. The van der Waals surface area contributed by atoms with E-state index in [0.717, 1.165) is 44.9 Å². The van der Waals surface area contributed by atoms with Crippen LogP contribution in [0.15, 0.2) is 36.5 Å². The molecule has 0 aromatic rings. The van der Waals surface area contributed by atoms with Crippen LogP contribution in [-0.4, -0.2) is 23.0 Å². The molecule has 0 aliphatic heterocycles. The smallest absolute Gasteiger partial charge is 0.325 e. The van der Waals surface area contributed by atoms with E-state index in [2.05, 4.69) is 48.7 Å². The highest BCUT2D eigenvalue weighted by Gasteiger charge is 2.12. The lowest BCUT2D eigenvalue weighted by Crippen LogP contribution is -2.38. The molecule has 0 heterocycles. The first-order valence-electron chi connectivity index (χ1n) is 9.55. The molecule has 0 saturated carbocycles. The van der Waals surface area contributed by atoms with Gasteiger partial charge in [-0.3, -0.25) is 9.59 Å². The molecule has 25 heavy (non-hydrogen) atoms. The maximum absolute atomic E-state index is 11.5. The second-order valence-electron chi connectivity index (χ2n) is 6.23. The van der Waals surface area contributed by atoms with Gasteiger partial charge < -0.3 is 10.4 Å². The maximum atomic E-state index is 11.5. The molecule has 1 amide bonds. The number of carbonyl (C=O) groups is 2. The molecule has 142 valence electrons. The molecule has 0 fully saturated rings. The van der Waals surface area contributed by atoms with Gasteiger partial charge in [0.1, 0.15) is 6.04 Å². The van der Waals surface area contributed by atoms with Crippen LogP contribution in [0.1, 0.15) is 78.1 Å². The van der Waals surface area contributed by atoms with E-state index in [1.807, 2.05) is 0 Å². The number of carboxylic acid groups (broad SMARTS) is 1. The van der Waals surface area contributed by atoms with Crippen molar-refractivity contribution in [2.24, 2.45) is 0 Å². The topological polar surface area (TPSA) is 66.4 Å². The summed E-state index contributed by atoms with van der Waals surface area (Å²) in [6, 6.07) is -0.804. The molecule has 4 heteroatoms. The minimum absolute atomic E-state index is 0.170. The number of unbranched alkanes of at least 4 members (excludes halogenated alkanes) is 5. The number of carbonyl (C=O) groups excluding carboxylic acids is 1. The zero-order valence-electron chi connectivity index (χ0n) is 15.9. The molecular formula is C21H35NO3. The van der Waals surface area contributed by atoms with Gasteiger partial charge in [-0.1, -0.05) is 62.6 Å². The number of allylic oxidation sites excluding steroid dienone is 6. The van der Waals surface area contributed by atoms with Crippen LogP contribution >= 0.6 is 0 Å². The first-order chi connectivity index (χ1) is 12.1. The van der Waals surface area contributed by atoms with Gasteiger partial charge in [0.2, 0.25) is 5.91 Å². The molecule has 0 aromatic carbocycles. The Morgan fingerprint density at radius 3 is 2.08 bits per heavy atom. The van der Waals surface area contributed by atoms with Gasteiger partial charge in [0.05, 0.1) is 0 Å². The molecule has 1 atom stereocenters. The number of rotatable bonds is 15. The predicted octanol–water partition coefficient (Wildman–Crippen LogP) is 5.17. The standard InChI is InChI=1S/C21H35NO3/c1-3-4-5-6-7-8-9-10-11-12-13-14-15-16-17-18-20(23)22-19(2)21(24)25/h4-5,7-8,10-11,19H,3,6,9,12-18H2,1-2H3,(H,22,23)(H,24,25)/b5-4+,8-7+,11-10+/t19-/m0/s1. The summed E-state index contributed by atoms with van der Waals surface area (Å²) >= 11 is 0. The molecule has 0 aliphatic rings. The molecule has 0 aliphatic carbocycles. The van der Waals surface area contributed by atoms with E-state index in [4.69, 9.17) is 5.11 Å². The fraction of sp³-hybridized carbons (Fsp3) is 0.619. The third-order valence-corrected chi connectivity index (χ3v) is 3.80. The Bertz CT molecular complexity index is 438. The van der Waals surface area contributed by atoms with Crippen LogP contribution < -0.4 is 5.32 Å². The molecule has 4 nitrogen and oxygen atoms in total. The average molecular weight is 350 g/mol. The van der Waals surface area contributed by atoms with E-state index in [9.17, 15) is 9.59 Å². The Morgan fingerprint density at radius 1 is 0.880 bits per heavy atom. The Balaban J connectivity index is 3.41. The summed E-state index contributed by atoms with van der Waals surface area (Å²) in [7, 11) is 0. The molecule has 0 saturated heterocycles. The van der Waals surface area contributed by atoms with Crippen LogP contribution in [-0.2, 0) is 9.59 Å². The highest BCUT2D eigenvalue weighted by molar-refractivity contribution is 5.83. The Hall–Kier alpha value is -1.84. The maximum Gasteiger partial charge on any atom is 0.325 e. The average Bonchev–Trinajstić information content (AvgIpc) is 2.58. The predicted molar refractivity (Wildman–Crippen MR) is 105 cm³/mol. The number of hydrogen-bond donors (Lipinski definition) is 2. The van der Waals surface area contributed by atoms with Crippen LogP contribution in [0.5, 0.6) is 0 Å². The Morgan fingerprint density at radius 2 is 1.44 bits per heavy atom. The first kappa shape index (κ1) is 23.2. The highest BCUT2D eigenvalue weighted by atomic mass is 16.4. The van der Waals surface area contributed by atoms with Crippen molar-refractivity contribution >= 4 is 11.9 Å². The summed E-state index contributed by atoms with van der Waals surface area (Å²) in [5.74, 6) is -1.17. The summed E-state index contributed by atoms with van der Waals surface area (Å²) in [6.45, 7) is 3.62. The fourth-order valence-corrected chi connectivity index (χ4v) is 2.28. The molecule has 0 unspecified atom stereocenters. The Labute approximate surface area is 153 Å². The fourth-order valence-electron chi connectivity index (χ4n) is 2.28. The van der Waals surface area contributed by atoms with Crippen molar-refractivity contribution < 1.29 is 14.7 Å². The minimum Gasteiger partial charge on any atom is -0.480 e. The van der Waals surface area contributed by atoms with Crippen molar-refractivity contribution in [1.82, 2.24) is 5.32 Å². The van der Waals surface area contributed by atoms with Gasteiger partial charge in [-0.2, -0.15) is 0 Å². The van der Waals surface area contributed by atoms with Crippen molar-refractivity contribution in [2.75, 3.05) is 0 Å². The quantitative estimate of drug-likeness (QED) is 0.317. The summed E-state index contributed by atoms with van der Waals surface area (Å²) in [6.07, 6.45) is 23.2. The van der Waals surface area contributed by atoms with E-state index in [1.165, 1.54) is 19.8 Å². The Kier molecular flexibility index (Phi) is 15.7. The minimum atomic E-state index is -0.995. The second-order valence-corrected chi connectivity index (χ2v) is 6.23. The molecule has 2 N–H and O–H groups in total. The third-order valence-electron chi connectivity index (χ3n) is 3.80. The van der Waals surface area contributed by atoms with Gasteiger partial charge in [-0.05, 0) is 45.4 Å². The summed E-state index contributed by atoms with van der Waals surface area (Å²) in [5.41, 5.74) is 0. The number of nitrogens with one attached hydrogen (secondary N) is 1. The summed E-state index contributed by atoms with van der Waals surface area (Å²) in [5, 5.41) is 11.2. The van der Waals surface area contributed by atoms with Gasteiger partial charge in [-0.25, -0.2) is 0 Å². The van der Waals surface area contributed by atoms with Gasteiger partial charge in [0.15, 0.2) is 0 Å². The first-order valence-corrected chi connectivity index (χ1v) is 9.55. The third kappa shape index (κ3) is 16.8. The van der Waals surface area contributed by atoms with Gasteiger partial charge in [-0.15, -0.1) is 0 Å². The zero-order valence-corrected chi connectivity index (χ0v) is 15.9. The number of carboxylic acids is 1. The van der Waals surface area contributed by atoms with E-state index >= 15 is 0 Å². The van der Waals surface area contributed by atoms with E-state index < -0.39 is 12.0 Å². The van der Waals surface area contributed by atoms with Crippen molar-refractivity contribution in [3.8, 4) is 0 Å². The van der Waals surface area contributed by atoms with Crippen molar-refractivity contribution in [3.63, 3.8) is 0 Å². The van der Waals surface area contributed by atoms with Crippen LogP contribution in [0, 0.1) is 0 Å². The lowest BCUT2D eigenvalue weighted by atomic mass is 10.1. The van der Waals surface area contributed by atoms with Gasteiger partial charge in [0, 0.05) is 6.42 Å². The van der Waals surface area contributed by atoms with Crippen molar-refractivity contribution in [3.05, 3.63) is 36.5 Å². The van der Waals surface area contributed by atoms with Crippen LogP contribution in [0.4, 0.5) is 0 Å². The monoisotopic (exact) mass is 349 g/mol. The summed E-state index contributed by atoms with van der Waals surface area (Å²) < 4.78 is 0. The summed E-state index contributed by atoms with van der Waals surface area (Å²) in [4.78, 5) is 22.1. The highest BCUT2D eigenvalue weighted by Crippen LogP contribution is 2.08. The van der Waals surface area contributed by atoms with Crippen LogP contribution in [0.25, 0.3) is 0 Å². The number of amides is 1. The SMILES string of the molecule is CC/C=C/C/C=C/C/C=C/CCCCCCCC(=O)N[C@@H](C)C(=O)O. The van der Waals surface area contributed by atoms with Gasteiger partial charge >= 0.3 is 5.97 Å². The molecule has 0 spiro atoms. The molecule has 0 radical (unpaired) electrons. The number of hydrogen-bond acceptors (Lipinski definition) is 2. The second kappa shape index (κ2) is 17.0. The van der Waals surface area contributed by atoms with E-state index in [1.54, 1.807) is 0 Å². The van der Waals surface area contributed by atoms with Crippen LogP contribution in [0.2, 0.25) is 0 Å². The largest absolute Gasteiger partial charge is 0.480 e. The van der Waals surface area contributed by atoms with Crippen molar-refractivity contribution in [2.45, 2.75) is 84.1 Å². The zero-order chi connectivity index (χ0) is 18.8. The molecule has 0 aromatic heterocycles. The van der Waals surface area contributed by atoms with E-state index in [0.29, 0.717) is 6.42 Å². The molecule has 0 bridgehead atoms. The van der Waals surface area contributed by atoms with Crippen molar-refractivity contribution in [1.29, 1.82) is 0 Å². The lowest BCUT2D eigenvalue weighted by molar-refractivity contribution is -0.141. The molecule has 0 rings (SSSR count). The van der Waals surface area contributed by atoms with Crippen LogP contribution in [0.3, 0.4) is 0 Å². The van der Waals surface area contributed by atoms with Gasteiger partial charge in [0.25, 0.3) is 0 Å². The molecular weight excluding hydrogens is 314 g/mol.